The van der Waals surface area contributed by atoms with Crippen LogP contribution in [0, 0.1) is 12.8 Å². The lowest BCUT2D eigenvalue weighted by molar-refractivity contribution is -0.143. The van der Waals surface area contributed by atoms with Gasteiger partial charge in [0.25, 0.3) is 5.91 Å². The zero-order chi connectivity index (χ0) is 16.0. The molecule has 21 heavy (non-hydrogen) atoms. The van der Waals surface area contributed by atoms with Gasteiger partial charge in [-0.3, -0.25) is 9.59 Å². The maximum absolute atomic E-state index is 11.8. The van der Waals surface area contributed by atoms with Crippen LogP contribution in [0.2, 0.25) is 0 Å². The highest BCUT2D eigenvalue weighted by molar-refractivity contribution is 7.13. The number of rotatable bonds is 7. The summed E-state index contributed by atoms with van der Waals surface area (Å²) in [6, 6.07) is 2.57. The van der Waals surface area contributed by atoms with Crippen molar-refractivity contribution >= 4 is 29.1 Å². The molecule has 2 amide bonds. The average molecular weight is 312 g/mol. The molecule has 0 bridgehead atoms. The lowest BCUT2D eigenvalue weighted by Gasteiger charge is -2.20. The summed E-state index contributed by atoms with van der Waals surface area (Å²) in [4.78, 5) is 36.1. The van der Waals surface area contributed by atoms with E-state index in [1.165, 1.54) is 11.3 Å². The van der Waals surface area contributed by atoms with Crippen LogP contribution in [-0.4, -0.2) is 35.5 Å². The molecular weight excluding hydrogens is 292 g/mol. The van der Waals surface area contributed by atoms with E-state index in [0.29, 0.717) is 11.3 Å². The van der Waals surface area contributed by atoms with E-state index in [0.717, 1.165) is 4.88 Å². The fourth-order valence-electron chi connectivity index (χ4n) is 1.71. The van der Waals surface area contributed by atoms with Gasteiger partial charge in [0.1, 0.15) is 6.04 Å². The number of carboxylic acid groups (broad SMARTS) is 1. The maximum Gasteiger partial charge on any atom is 0.326 e. The summed E-state index contributed by atoms with van der Waals surface area (Å²) in [6.07, 6.45) is 0.637. The van der Waals surface area contributed by atoms with Crippen LogP contribution in [-0.2, 0) is 9.59 Å². The van der Waals surface area contributed by atoms with Crippen molar-refractivity contribution in [2.75, 3.05) is 6.54 Å². The minimum atomic E-state index is -1.07. The third-order valence-corrected chi connectivity index (χ3v) is 4.17. The van der Waals surface area contributed by atoms with E-state index in [9.17, 15) is 14.4 Å². The molecule has 0 saturated carbocycles. The Morgan fingerprint density at radius 2 is 2.00 bits per heavy atom. The quantitative estimate of drug-likeness (QED) is 0.709. The standard InChI is InChI=1S/C14H20N2O4S/c1-4-8(2)12(14(19)20)16-11(17)7-15-13(18)10-6-5-9(3)21-10/h5-6,8,12H,4,7H2,1-3H3,(H,15,18)(H,16,17)(H,19,20). The first-order chi connectivity index (χ1) is 9.85. The molecule has 7 heteroatoms. The van der Waals surface area contributed by atoms with E-state index in [1.54, 1.807) is 13.0 Å². The number of thiophene rings is 1. The van der Waals surface area contributed by atoms with Gasteiger partial charge < -0.3 is 15.7 Å². The van der Waals surface area contributed by atoms with Crippen molar-refractivity contribution in [1.29, 1.82) is 0 Å². The summed E-state index contributed by atoms with van der Waals surface area (Å²) in [5.74, 6) is -2.09. The summed E-state index contributed by atoms with van der Waals surface area (Å²) in [7, 11) is 0. The SMILES string of the molecule is CCC(C)C(NC(=O)CNC(=O)c1ccc(C)s1)C(=O)O. The second-order valence-electron chi connectivity index (χ2n) is 4.86. The Balaban J connectivity index is 2.49. The summed E-state index contributed by atoms with van der Waals surface area (Å²) in [5, 5.41) is 14.0. The minimum absolute atomic E-state index is 0.179. The van der Waals surface area contributed by atoms with E-state index >= 15 is 0 Å². The molecule has 0 aliphatic rings. The lowest BCUT2D eigenvalue weighted by Crippen LogP contribution is -2.48. The van der Waals surface area contributed by atoms with Crippen LogP contribution in [0.15, 0.2) is 12.1 Å². The van der Waals surface area contributed by atoms with Gasteiger partial charge in [-0.15, -0.1) is 11.3 Å². The zero-order valence-electron chi connectivity index (χ0n) is 12.3. The maximum atomic E-state index is 11.8. The molecule has 1 rings (SSSR count). The monoisotopic (exact) mass is 312 g/mol. The smallest absolute Gasteiger partial charge is 0.326 e. The predicted molar refractivity (Wildman–Crippen MR) is 80.4 cm³/mol. The summed E-state index contributed by atoms with van der Waals surface area (Å²) in [5.41, 5.74) is 0. The highest BCUT2D eigenvalue weighted by atomic mass is 32.1. The summed E-state index contributed by atoms with van der Waals surface area (Å²) >= 11 is 1.34. The van der Waals surface area contributed by atoms with Gasteiger partial charge in [0.2, 0.25) is 5.91 Å². The average Bonchev–Trinajstić information content (AvgIpc) is 2.87. The van der Waals surface area contributed by atoms with E-state index in [4.69, 9.17) is 5.11 Å². The number of amides is 2. The first-order valence-corrected chi connectivity index (χ1v) is 7.53. The van der Waals surface area contributed by atoms with Crippen LogP contribution in [0.4, 0.5) is 0 Å². The fourth-order valence-corrected chi connectivity index (χ4v) is 2.50. The van der Waals surface area contributed by atoms with Crippen LogP contribution >= 0.6 is 11.3 Å². The molecule has 1 aromatic heterocycles. The van der Waals surface area contributed by atoms with Crippen molar-refractivity contribution in [3.05, 3.63) is 21.9 Å². The van der Waals surface area contributed by atoms with Crippen molar-refractivity contribution in [1.82, 2.24) is 10.6 Å². The molecule has 0 spiro atoms. The third-order valence-electron chi connectivity index (χ3n) is 3.17. The van der Waals surface area contributed by atoms with E-state index in [2.05, 4.69) is 10.6 Å². The minimum Gasteiger partial charge on any atom is -0.480 e. The number of carbonyl (C=O) groups is 3. The Morgan fingerprint density at radius 3 is 2.48 bits per heavy atom. The molecule has 0 aliphatic carbocycles. The van der Waals surface area contributed by atoms with E-state index < -0.39 is 17.9 Å². The Labute approximate surface area is 127 Å². The fraction of sp³-hybridized carbons (Fsp3) is 0.500. The molecule has 1 aromatic rings. The highest BCUT2D eigenvalue weighted by Gasteiger charge is 2.25. The molecule has 2 atom stereocenters. The number of aliphatic carboxylic acids is 1. The van der Waals surface area contributed by atoms with Gasteiger partial charge in [0.05, 0.1) is 11.4 Å². The molecule has 1 heterocycles. The van der Waals surface area contributed by atoms with Crippen LogP contribution < -0.4 is 10.6 Å². The molecule has 6 nitrogen and oxygen atoms in total. The Morgan fingerprint density at radius 1 is 1.33 bits per heavy atom. The van der Waals surface area contributed by atoms with Crippen molar-refractivity contribution in [2.45, 2.75) is 33.2 Å². The summed E-state index contributed by atoms with van der Waals surface area (Å²) in [6.45, 7) is 5.26. The number of carbonyl (C=O) groups excluding carboxylic acids is 2. The van der Waals surface area contributed by atoms with Gasteiger partial charge in [0.15, 0.2) is 0 Å². The molecule has 116 valence electrons. The number of hydrogen-bond acceptors (Lipinski definition) is 4. The van der Waals surface area contributed by atoms with Crippen molar-refractivity contribution < 1.29 is 19.5 Å². The Hall–Kier alpha value is -1.89. The number of hydrogen-bond donors (Lipinski definition) is 3. The van der Waals surface area contributed by atoms with Crippen LogP contribution in [0.3, 0.4) is 0 Å². The normalized spacial score (nSPS) is 13.3. The molecular formula is C14H20N2O4S. The zero-order valence-corrected chi connectivity index (χ0v) is 13.1. The van der Waals surface area contributed by atoms with Gasteiger partial charge in [-0.25, -0.2) is 4.79 Å². The number of aryl methyl sites for hydroxylation is 1. The van der Waals surface area contributed by atoms with Crippen LogP contribution in [0.1, 0.15) is 34.8 Å². The molecule has 0 saturated heterocycles. The van der Waals surface area contributed by atoms with E-state index in [1.807, 2.05) is 19.9 Å². The van der Waals surface area contributed by atoms with Gasteiger partial charge >= 0.3 is 5.97 Å². The Kier molecular flexibility index (Phi) is 6.36. The largest absolute Gasteiger partial charge is 0.480 e. The number of nitrogens with one attached hydrogen (secondary N) is 2. The number of carboxylic acids is 1. The first kappa shape index (κ1) is 17.2. The van der Waals surface area contributed by atoms with Crippen molar-refractivity contribution in [3.63, 3.8) is 0 Å². The van der Waals surface area contributed by atoms with E-state index in [-0.39, 0.29) is 18.4 Å². The summed E-state index contributed by atoms with van der Waals surface area (Å²) < 4.78 is 0. The third kappa shape index (κ3) is 5.18. The first-order valence-electron chi connectivity index (χ1n) is 6.72. The van der Waals surface area contributed by atoms with Crippen molar-refractivity contribution in [2.24, 2.45) is 5.92 Å². The Bertz CT molecular complexity index is 527. The molecule has 0 aliphatic heterocycles. The molecule has 2 unspecified atom stereocenters. The lowest BCUT2D eigenvalue weighted by atomic mass is 9.99. The van der Waals surface area contributed by atoms with Crippen LogP contribution in [0.25, 0.3) is 0 Å². The van der Waals surface area contributed by atoms with Crippen molar-refractivity contribution in [3.8, 4) is 0 Å². The van der Waals surface area contributed by atoms with Gasteiger partial charge in [-0.1, -0.05) is 20.3 Å². The predicted octanol–water partition coefficient (Wildman–Crippen LogP) is 1.40. The topological polar surface area (TPSA) is 95.5 Å². The molecule has 0 aromatic carbocycles. The van der Waals surface area contributed by atoms with Gasteiger partial charge in [-0.05, 0) is 25.0 Å². The second-order valence-corrected chi connectivity index (χ2v) is 6.15. The van der Waals surface area contributed by atoms with Gasteiger partial charge in [-0.2, -0.15) is 0 Å². The van der Waals surface area contributed by atoms with Crippen LogP contribution in [0.5, 0.6) is 0 Å². The molecule has 0 fully saturated rings. The van der Waals surface area contributed by atoms with Gasteiger partial charge in [0, 0.05) is 4.88 Å². The molecule has 0 radical (unpaired) electrons. The second kappa shape index (κ2) is 7.78. The molecule has 3 N–H and O–H groups in total. The highest BCUT2D eigenvalue weighted by Crippen LogP contribution is 2.14.